The van der Waals surface area contributed by atoms with Gasteiger partial charge in [-0.05, 0) is 39.0 Å². The summed E-state index contributed by atoms with van der Waals surface area (Å²) in [7, 11) is 0. The van der Waals surface area contributed by atoms with Crippen LogP contribution in [0.3, 0.4) is 0 Å². The van der Waals surface area contributed by atoms with Crippen molar-refractivity contribution in [3.05, 3.63) is 20.8 Å². The van der Waals surface area contributed by atoms with Gasteiger partial charge in [-0.25, -0.2) is 0 Å². The van der Waals surface area contributed by atoms with Gasteiger partial charge in [0.2, 0.25) is 0 Å². The molecule has 0 aliphatic heterocycles. The lowest BCUT2D eigenvalue weighted by Crippen LogP contribution is -2.12. The largest absolute Gasteiger partial charge is 0.323 e. The molecular formula is C10H16BrNS2. The molecule has 14 heavy (non-hydrogen) atoms. The van der Waals surface area contributed by atoms with Gasteiger partial charge in [-0.3, -0.25) is 0 Å². The Hall–Kier alpha value is 0.490. The van der Waals surface area contributed by atoms with Gasteiger partial charge >= 0.3 is 0 Å². The van der Waals surface area contributed by atoms with Crippen LogP contribution in [0.5, 0.6) is 0 Å². The SMILES string of the molecule is CC(C)CSCC(N)c1sccc1Br. The van der Waals surface area contributed by atoms with Crippen LogP contribution in [0.4, 0.5) is 0 Å². The van der Waals surface area contributed by atoms with E-state index in [2.05, 4.69) is 41.2 Å². The second-order valence-corrected chi connectivity index (χ2v) is 6.55. The van der Waals surface area contributed by atoms with E-state index in [1.54, 1.807) is 11.3 Å². The predicted octanol–water partition coefficient (Wildman–Crippen LogP) is 3.90. The molecule has 0 saturated heterocycles. The van der Waals surface area contributed by atoms with E-state index in [-0.39, 0.29) is 6.04 Å². The molecule has 1 heterocycles. The van der Waals surface area contributed by atoms with E-state index in [0.717, 1.165) is 16.1 Å². The van der Waals surface area contributed by atoms with Gasteiger partial charge in [-0.2, -0.15) is 11.8 Å². The molecule has 0 aromatic carbocycles. The monoisotopic (exact) mass is 293 g/mol. The first-order valence-electron chi connectivity index (χ1n) is 4.67. The Bertz CT molecular complexity index is 273. The molecule has 2 N–H and O–H groups in total. The highest BCUT2D eigenvalue weighted by molar-refractivity contribution is 9.10. The van der Waals surface area contributed by atoms with Crippen LogP contribution < -0.4 is 5.73 Å². The Morgan fingerprint density at radius 2 is 2.21 bits per heavy atom. The topological polar surface area (TPSA) is 26.0 Å². The fraction of sp³-hybridized carbons (Fsp3) is 0.600. The molecule has 0 radical (unpaired) electrons. The third-order valence-electron chi connectivity index (χ3n) is 1.73. The van der Waals surface area contributed by atoms with Crippen LogP contribution in [0.1, 0.15) is 24.8 Å². The number of halogens is 1. The van der Waals surface area contributed by atoms with Crippen molar-refractivity contribution in [2.75, 3.05) is 11.5 Å². The van der Waals surface area contributed by atoms with Gasteiger partial charge in [0.25, 0.3) is 0 Å². The maximum Gasteiger partial charge on any atom is 0.0493 e. The molecule has 1 nitrogen and oxygen atoms in total. The van der Waals surface area contributed by atoms with Crippen LogP contribution in [0, 0.1) is 5.92 Å². The zero-order chi connectivity index (χ0) is 10.6. The lowest BCUT2D eigenvalue weighted by atomic mass is 10.3. The first kappa shape index (κ1) is 12.6. The number of thiophene rings is 1. The van der Waals surface area contributed by atoms with Crippen molar-refractivity contribution >= 4 is 39.0 Å². The smallest absolute Gasteiger partial charge is 0.0493 e. The van der Waals surface area contributed by atoms with Crippen molar-refractivity contribution in [2.24, 2.45) is 11.7 Å². The quantitative estimate of drug-likeness (QED) is 0.891. The average Bonchev–Trinajstić information content (AvgIpc) is 2.50. The molecule has 1 atom stereocenters. The molecular weight excluding hydrogens is 278 g/mol. The van der Waals surface area contributed by atoms with Gasteiger partial charge in [0.05, 0.1) is 0 Å². The van der Waals surface area contributed by atoms with Crippen LogP contribution in [0.25, 0.3) is 0 Å². The summed E-state index contributed by atoms with van der Waals surface area (Å²) in [5.74, 6) is 2.95. The molecule has 80 valence electrons. The average molecular weight is 294 g/mol. The summed E-state index contributed by atoms with van der Waals surface area (Å²) in [5, 5.41) is 2.08. The fourth-order valence-electron chi connectivity index (χ4n) is 1.08. The van der Waals surface area contributed by atoms with Crippen LogP contribution in [0.15, 0.2) is 15.9 Å². The molecule has 1 aromatic rings. The molecule has 0 aliphatic carbocycles. The molecule has 0 fully saturated rings. The number of hydrogen-bond donors (Lipinski definition) is 1. The Kier molecular flexibility index (Phi) is 5.52. The van der Waals surface area contributed by atoms with E-state index in [1.807, 2.05) is 11.8 Å². The minimum atomic E-state index is 0.174. The molecule has 0 spiro atoms. The summed E-state index contributed by atoms with van der Waals surface area (Å²) in [6.07, 6.45) is 0. The molecule has 0 bridgehead atoms. The second-order valence-electron chi connectivity index (χ2n) is 3.67. The standard InChI is InChI=1S/C10H16BrNS2/c1-7(2)5-13-6-9(12)10-8(11)3-4-14-10/h3-4,7,9H,5-6,12H2,1-2H3. The van der Waals surface area contributed by atoms with E-state index < -0.39 is 0 Å². The Labute approximate surface area is 103 Å². The number of hydrogen-bond acceptors (Lipinski definition) is 3. The number of thioether (sulfide) groups is 1. The minimum Gasteiger partial charge on any atom is -0.323 e. The van der Waals surface area contributed by atoms with E-state index >= 15 is 0 Å². The maximum atomic E-state index is 6.09. The van der Waals surface area contributed by atoms with E-state index in [4.69, 9.17) is 5.73 Å². The van der Waals surface area contributed by atoms with Gasteiger partial charge in [-0.15, -0.1) is 11.3 Å². The normalized spacial score (nSPS) is 13.5. The molecule has 1 aromatic heterocycles. The van der Waals surface area contributed by atoms with Gasteiger partial charge in [0, 0.05) is 21.1 Å². The van der Waals surface area contributed by atoms with Crippen molar-refractivity contribution in [1.29, 1.82) is 0 Å². The van der Waals surface area contributed by atoms with Crippen LogP contribution in [0.2, 0.25) is 0 Å². The highest BCUT2D eigenvalue weighted by Crippen LogP contribution is 2.29. The van der Waals surface area contributed by atoms with Gasteiger partial charge in [-0.1, -0.05) is 13.8 Å². The second kappa shape index (κ2) is 6.16. The number of nitrogens with two attached hydrogens (primary N) is 1. The first-order chi connectivity index (χ1) is 6.61. The van der Waals surface area contributed by atoms with Crippen molar-refractivity contribution in [3.8, 4) is 0 Å². The summed E-state index contributed by atoms with van der Waals surface area (Å²) >= 11 is 7.18. The first-order valence-corrected chi connectivity index (χ1v) is 7.50. The predicted molar refractivity (Wildman–Crippen MR) is 71.1 cm³/mol. The third-order valence-corrected chi connectivity index (χ3v) is 5.23. The number of rotatable bonds is 5. The van der Waals surface area contributed by atoms with Crippen molar-refractivity contribution in [1.82, 2.24) is 0 Å². The summed E-state index contributed by atoms with van der Waals surface area (Å²) < 4.78 is 1.15. The van der Waals surface area contributed by atoms with Gasteiger partial charge in [0.15, 0.2) is 0 Å². The Balaban J connectivity index is 2.36. The van der Waals surface area contributed by atoms with Crippen LogP contribution >= 0.6 is 39.0 Å². The third kappa shape index (κ3) is 3.93. The maximum absolute atomic E-state index is 6.09. The lowest BCUT2D eigenvalue weighted by molar-refractivity contribution is 0.747. The van der Waals surface area contributed by atoms with Gasteiger partial charge < -0.3 is 5.73 Å². The van der Waals surface area contributed by atoms with Crippen molar-refractivity contribution in [3.63, 3.8) is 0 Å². The highest BCUT2D eigenvalue weighted by Gasteiger charge is 2.11. The fourth-order valence-corrected chi connectivity index (χ4v) is 3.88. The van der Waals surface area contributed by atoms with Crippen LogP contribution in [-0.4, -0.2) is 11.5 Å². The molecule has 1 rings (SSSR count). The van der Waals surface area contributed by atoms with Gasteiger partial charge in [0.1, 0.15) is 0 Å². The molecule has 0 aliphatic rings. The highest BCUT2D eigenvalue weighted by atomic mass is 79.9. The Morgan fingerprint density at radius 3 is 2.71 bits per heavy atom. The minimum absolute atomic E-state index is 0.174. The summed E-state index contributed by atoms with van der Waals surface area (Å²) in [6, 6.07) is 2.24. The van der Waals surface area contributed by atoms with Crippen molar-refractivity contribution < 1.29 is 0 Å². The molecule has 0 amide bonds. The summed E-state index contributed by atoms with van der Waals surface area (Å²) in [4.78, 5) is 1.27. The molecule has 4 heteroatoms. The summed E-state index contributed by atoms with van der Waals surface area (Å²) in [5.41, 5.74) is 6.09. The van der Waals surface area contributed by atoms with Crippen LogP contribution in [-0.2, 0) is 0 Å². The zero-order valence-corrected chi connectivity index (χ0v) is 11.7. The summed E-state index contributed by atoms with van der Waals surface area (Å²) in [6.45, 7) is 4.47. The molecule has 0 saturated carbocycles. The van der Waals surface area contributed by atoms with E-state index in [1.165, 1.54) is 10.6 Å². The lowest BCUT2D eigenvalue weighted by Gasteiger charge is -2.11. The van der Waals surface area contributed by atoms with Crippen molar-refractivity contribution in [2.45, 2.75) is 19.9 Å². The van der Waals surface area contributed by atoms with E-state index in [9.17, 15) is 0 Å². The zero-order valence-electron chi connectivity index (χ0n) is 8.50. The van der Waals surface area contributed by atoms with E-state index in [0.29, 0.717) is 0 Å². The molecule has 1 unspecified atom stereocenters. The Morgan fingerprint density at radius 1 is 1.50 bits per heavy atom.